The third-order valence-corrected chi connectivity index (χ3v) is 3.42. The molecule has 0 bridgehead atoms. The van der Waals surface area contributed by atoms with E-state index < -0.39 is 12.1 Å². The second kappa shape index (κ2) is 11.3. The van der Waals surface area contributed by atoms with Gasteiger partial charge in [-0.05, 0) is 30.5 Å². The number of ether oxygens (including phenoxy) is 2. The van der Waals surface area contributed by atoms with Crippen molar-refractivity contribution >= 4 is 12.0 Å². The molecule has 0 aromatic heterocycles. The number of alkyl carbamates (subject to hydrolysis) is 1. The van der Waals surface area contributed by atoms with Gasteiger partial charge in [-0.25, -0.2) is 4.79 Å². The van der Waals surface area contributed by atoms with E-state index in [-0.39, 0.29) is 5.91 Å². The van der Waals surface area contributed by atoms with Crippen LogP contribution in [0.2, 0.25) is 0 Å². The third-order valence-electron chi connectivity index (χ3n) is 3.42. The Morgan fingerprint density at radius 1 is 1.08 bits per heavy atom. The Bertz CT molecular complexity index is 502. The van der Waals surface area contributed by atoms with E-state index in [2.05, 4.69) is 10.6 Å². The molecule has 0 aliphatic heterocycles. The molecule has 0 heterocycles. The van der Waals surface area contributed by atoms with E-state index in [4.69, 9.17) is 9.47 Å². The molecule has 0 saturated carbocycles. The lowest BCUT2D eigenvalue weighted by molar-refractivity contribution is -0.122. The summed E-state index contributed by atoms with van der Waals surface area (Å²) in [5, 5.41) is 5.18. The van der Waals surface area contributed by atoms with Gasteiger partial charge in [-0.1, -0.05) is 32.4 Å². The highest BCUT2D eigenvalue weighted by Crippen LogP contribution is 2.14. The highest BCUT2D eigenvalue weighted by molar-refractivity contribution is 5.85. The van der Waals surface area contributed by atoms with Gasteiger partial charge in [0, 0.05) is 13.5 Å². The molecule has 6 nitrogen and oxygen atoms in total. The van der Waals surface area contributed by atoms with Gasteiger partial charge in [-0.2, -0.15) is 0 Å². The van der Waals surface area contributed by atoms with Crippen LogP contribution in [0.15, 0.2) is 24.3 Å². The molecule has 1 aromatic carbocycles. The van der Waals surface area contributed by atoms with Gasteiger partial charge < -0.3 is 20.1 Å². The lowest BCUT2D eigenvalue weighted by atomic mass is 10.1. The zero-order valence-electron chi connectivity index (χ0n) is 14.8. The Labute approximate surface area is 143 Å². The Balaban J connectivity index is 2.62. The Morgan fingerprint density at radius 2 is 1.79 bits per heavy atom. The van der Waals surface area contributed by atoms with Crippen molar-refractivity contribution in [1.29, 1.82) is 0 Å². The molecule has 0 radical (unpaired) electrons. The number of rotatable bonds is 10. The van der Waals surface area contributed by atoms with Gasteiger partial charge in [-0.15, -0.1) is 0 Å². The minimum absolute atomic E-state index is 0.256. The predicted octanol–water partition coefficient (Wildman–Crippen LogP) is 2.66. The van der Waals surface area contributed by atoms with Crippen molar-refractivity contribution in [3.63, 3.8) is 0 Å². The van der Waals surface area contributed by atoms with Gasteiger partial charge in [0.2, 0.25) is 5.91 Å². The SMILES string of the molecule is CCCCOC(=O)N[C@@H](Cc1ccc(OCCC)cc1)C(=O)NC. The highest BCUT2D eigenvalue weighted by Gasteiger charge is 2.20. The molecule has 0 aliphatic rings. The van der Waals surface area contributed by atoms with Crippen LogP contribution in [0.1, 0.15) is 38.7 Å². The molecule has 0 saturated heterocycles. The molecule has 0 aliphatic carbocycles. The molecule has 2 amide bonds. The Hall–Kier alpha value is -2.24. The topological polar surface area (TPSA) is 76.7 Å². The van der Waals surface area contributed by atoms with Crippen LogP contribution in [0, 0.1) is 0 Å². The number of unbranched alkanes of at least 4 members (excludes halogenated alkanes) is 1. The van der Waals surface area contributed by atoms with E-state index >= 15 is 0 Å². The van der Waals surface area contributed by atoms with Crippen LogP contribution in [0.25, 0.3) is 0 Å². The second-order valence-corrected chi connectivity index (χ2v) is 5.50. The third kappa shape index (κ3) is 7.35. The van der Waals surface area contributed by atoms with Crippen LogP contribution < -0.4 is 15.4 Å². The maximum Gasteiger partial charge on any atom is 0.407 e. The molecule has 1 atom stereocenters. The maximum absolute atomic E-state index is 12.0. The molecule has 1 rings (SSSR count). The molecule has 1 aromatic rings. The lowest BCUT2D eigenvalue weighted by Gasteiger charge is -2.17. The summed E-state index contributed by atoms with van der Waals surface area (Å²) in [6, 6.07) is 6.85. The van der Waals surface area contributed by atoms with Crippen LogP contribution in [0.3, 0.4) is 0 Å². The molecule has 0 spiro atoms. The number of benzene rings is 1. The fourth-order valence-electron chi connectivity index (χ4n) is 2.05. The number of hydrogen-bond donors (Lipinski definition) is 2. The first-order chi connectivity index (χ1) is 11.6. The number of amides is 2. The van der Waals surface area contributed by atoms with Crippen molar-refractivity contribution in [2.24, 2.45) is 0 Å². The summed E-state index contributed by atoms with van der Waals surface area (Å²) in [5.74, 6) is 0.540. The summed E-state index contributed by atoms with van der Waals surface area (Å²) in [7, 11) is 1.54. The van der Waals surface area contributed by atoms with Gasteiger partial charge in [0.25, 0.3) is 0 Å². The number of nitrogens with one attached hydrogen (secondary N) is 2. The quantitative estimate of drug-likeness (QED) is 0.644. The van der Waals surface area contributed by atoms with Crippen molar-refractivity contribution in [3.8, 4) is 5.75 Å². The Morgan fingerprint density at radius 3 is 2.38 bits per heavy atom. The average Bonchev–Trinajstić information content (AvgIpc) is 2.60. The summed E-state index contributed by atoms with van der Waals surface area (Å²) < 4.78 is 10.6. The van der Waals surface area contributed by atoms with Gasteiger partial charge >= 0.3 is 6.09 Å². The average molecular weight is 336 g/mol. The van der Waals surface area contributed by atoms with Gasteiger partial charge in [0.1, 0.15) is 11.8 Å². The van der Waals surface area contributed by atoms with E-state index in [0.29, 0.717) is 19.6 Å². The molecular weight excluding hydrogens is 308 g/mol. The molecule has 24 heavy (non-hydrogen) atoms. The predicted molar refractivity (Wildman–Crippen MR) is 93.2 cm³/mol. The number of likely N-dealkylation sites (N-methyl/N-ethyl adjacent to an activating group) is 1. The molecule has 0 fully saturated rings. The monoisotopic (exact) mass is 336 g/mol. The minimum atomic E-state index is -0.675. The van der Waals surface area contributed by atoms with E-state index in [1.165, 1.54) is 0 Å². The standard InChI is InChI=1S/C18H28N2O4/c1-4-6-12-24-18(22)20-16(17(21)19-3)13-14-7-9-15(10-8-14)23-11-5-2/h7-10,16H,4-6,11-13H2,1-3H3,(H,19,21)(H,20,22)/t16-/m0/s1. The van der Waals surface area contributed by atoms with Crippen LogP contribution >= 0.6 is 0 Å². The van der Waals surface area contributed by atoms with Crippen LogP contribution in [0.4, 0.5) is 4.79 Å². The summed E-state index contributed by atoms with van der Waals surface area (Å²) in [4.78, 5) is 23.8. The number of hydrogen-bond acceptors (Lipinski definition) is 4. The van der Waals surface area contributed by atoms with E-state index in [9.17, 15) is 9.59 Å². The number of carbonyl (C=O) groups is 2. The summed E-state index contributed by atoms with van der Waals surface area (Å²) >= 11 is 0. The van der Waals surface area contributed by atoms with Gasteiger partial charge in [0.15, 0.2) is 0 Å². The van der Waals surface area contributed by atoms with Gasteiger partial charge in [0.05, 0.1) is 13.2 Å². The zero-order valence-corrected chi connectivity index (χ0v) is 14.8. The smallest absolute Gasteiger partial charge is 0.407 e. The minimum Gasteiger partial charge on any atom is -0.494 e. The van der Waals surface area contributed by atoms with Crippen molar-refractivity contribution in [3.05, 3.63) is 29.8 Å². The first-order valence-electron chi connectivity index (χ1n) is 8.47. The molecule has 6 heteroatoms. The second-order valence-electron chi connectivity index (χ2n) is 5.50. The summed E-state index contributed by atoms with van der Waals surface area (Å²) in [6.07, 6.45) is 2.51. The fourth-order valence-corrected chi connectivity index (χ4v) is 2.05. The van der Waals surface area contributed by atoms with Crippen molar-refractivity contribution in [2.45, 2.75) is 45.6 Å². The molecular formula is C18H28N2O4. The van der Waals surface area contributed by atoms with Crippen LogP contribution in [-0.2, 0) is 16.0 Å². The number of carbonyl (C=O) groups excluding carboxylic acids is 2. The van der Waals surface area contributed by atoms with Crippen LogP contribution in [0.5, 0.6) is 5.75 Å². The molecule has 134 valence electrons. The first-order valence-corrected chi connectivity index (χ1v) is 8.47. The Kier molecular flexibility index (Phi) is 9.34. The van der Waals surface area contributed by atoms with Crippen molar-refractivity contribution in [1.82, 2.24) is 10.6 Å². The van der Waals surface area contributed by atoms with Crippen molar-refractivity contribution in [2.75, 3.05) is 20.3 Å². The van der Waals surface area contributed by atoms with Gasteiger partial charge in [-0.3, -0.25) is 4.79 Å². The molecule has 0 unspecified atom stereocenters. The lowest BCUT2D eigenvalue weighted by Crippen LogP contribution is -2.47. The zero-order chi connectivity index (χ0) is 17.8. The van der Waals surface area contributed by atoms with Crippen LogP contribution in [-0.4, -0.2) is 38.3 Å². The summed E-state index contributed by atoms with van der Waals surface area (Å²) in [6.45, 7) is 5.09. The fraction of sp³-hybridized carbons (Fsp3) is 0.556. The molecule has 2 N–H and O–H groups in total. The van der Waals surface area contributed by atoms with E-state index in [0.717, 1.165) is 30.6 Å². The first kappa shape index (κ1) is 19.8. The normalized spacial score (nSPS) is 11.5. The summed E-state index contributed by atoms with van der Waals surface area (Å²) in [5.41, 5.74) is 0.932. The van der Waals surface area contributed by atoms with E-state index in [1.54, 1.807) is 7.05 Å². The largest absolute Gasteiger partial charge is 0.494 e. The highest BCUT2D eigenvalue weighted by atomic mass is 16.5. The maximum atomic E-state index is 12.0. The van der Waals surface area contributed by atoms with Crippen molar-refractivity contribution < 1.29 is 19.1 Å². The van der Waals surface area contributed by atoms with E-state index in [1.807, 2.05) is 38.1 Å².